The average Bonchev–Trinajstić information content (AvgIpc) is 3.23. The molecule has 0 saturated carbocycles. The monoisotopic (exact) mass is 467 g/mol. The van der Waals surface area contributed by atoms with Crippen LogP contribution >= 0.6 is 0 Å². The summed E-state index contributed by atoms with van der Waals surface area (Å²) in [7, 11) is 0. The lowest BCUT2D eigenvalue weighted by atomic mass is 10.0. The molecule has 2 amide bonds. The molecule has 0 aliphatic heterocycles. The first-order valence-electron chi connectivity index (χ1n) is 11.1. The third kappa shape index (κ3) is 7.26. The maximum absolute atomic E-state index is 12.6. The van der Waals surface area contributed by atoms with Crippen LogP contribution in [0.2, 0.25) is 0 Å². The molecular weight excluding hydrogens is 438 g/mol. The second-order valence-corrected chi connectivity index (χ2v) is 7.53. The van der Waals surface area contributed by atoms with Crippen LogP contribution in [-0.4, -0.2) is 55.2 Å². The molecule has 3 rings (SSSR count). The summed E-state index contributed by atoms with van der Waals surface area (Å²) in [6.45, 7) is 3.87. The van der Waals surface area contributed by atoms with E-state index in [2.05, 4.69) is 15.6 Å². The number of hydrogen-bond donors (Lipinski definition) is 3. The minimum Gasteiger partial charge on any atom is -0.494 e. The normalized spacial score (nSPS) is 11.5. The van der Waals surface area contributed by atoms with Crippen molar-refractivity contribution < 1.29 is 28.6 Å². The number of esters is 1. The van der Waals surface area contributed by atoms with Gasteiger partial charge in [0.1, 0.15) is 24.1 Å². The number of amides is 2. The van der Waals surface area contributed by atoms with Gasteiger partial charge in [0.15, 0.2) is 6.61 Å². The third-order valence-corrected chi connectivity index (χ3v) is 4.93. The SMILES string of the molecule is CCOc1ccc(OCCNC(=O)COC(=O)[C@H](Cc2c[nH]c3ccccc23)NC(C)=O)cc1. The summed E-state index contributed by atoms with van der Waals surface area (Å²) < 4.78 is 16.1. The zero-order valence-corrected chi connectivity index (χ0v) is 19.3. The van der Waals surface area contributed by atoms with Crippen LogP contribution in [-0.2, 0) is 25.5 Å². The molecule has 0 aliphatic rings. The van der Waals surface area contributed by atoms with E-state index in [1.807, 2.05) is 31.2 Å². The molecule has 180 valence electrons. The standard InChI is InChI=1S/C25H29N3O6/c1-3-32-19-8-10-20(11-9-19)33-13-12-26-24(30)16-34-25(31)23(28-17(2)29)14-18-15-27-22-7-5-4-6-21(18)22/h4-11,15,23,27H,3,12-14,16H2,1-2H3,(H,26,30)(H,28,29)/t23-/m0/s1. The number of fused-ring (bicyclic) bond motifs is 1. The number of carbonyl (C=O) groups excluding carboxylic acids is 3. The summed E-state index contributed by atoms with van der Waals surface area (Å²) in [6, 6.07) is 13.9. The topological polar surface area (TPSA) is 119 Å². The van der Waals surface area contributed by atoms with Gasteiger partial charge in [-0.15, -0.1) is 0 Å². The third-order valence-electron chi connectivity index (χ3n) is 4.93. The van der Waals surface area contributed by atoms with Crippen LogP contribution in [0.3, 0.4) is 0 Å². The van der Waals surface area contributed by atoms with Gasteiger partial charge in [0.2, 0.25) is 5.91 Å². The predicted octanol–water partition coefficient (Wildman–Crippen LogP) is 2.35. The minimum atomic E-state index is -0.910. The molecule has 0 spiro atoms. The number of ether oxygens (including phenoxy) is 3. The molecule has 9 nitrogen and oxygen atoms in total. The Morgan fingerprint density at radius 1 is 1.00 bits per heavy atom. The minimum absolute atomic E-state index is 0.236. The van der Waals surface area contributed by atoms with Crippen molar-refractivity contribution in [2.45, 2.75) is 26.3 Å². The zero-order chi connectivity index (χ0) is 24.3. The summed E-state index contributed by atoms with van der Waals surface area (Å²) in [6.07, 6.45) is 2.03. The highest BCUT2D eigenvalue weighted by Gasteiger charge is 2.23. The Kier molecular flexibility index (Phi) is 8.90. The summed E-state index contributed by atoms with van der Waals surface area (Å²) in [5.41, 5.74) is 1.79. The molecule has 9 heteroatoms. The Morgan fingerprint density at radius 3 is 2.41 bits per heavy atom. The molecule has 3 aromatic rings. The van der Waals surface area contributed by atoms with Crippen LogP contribution in [0.1, 0.15) is 19.4 Å². The Balaban J connectivity index is 1.43. The number of benzene rings is 2. The number of H-pyrrole nitrogens is 1. The molecule has 0 bridgehead atoms. The molecule has 2 aromatic carbocycles. The fourth-order valence-corrected chi connectivity index (χ4v) is 3.41. The van der Waals surface area contributed by atoms with E-state index >= 15 is 0 Å². The van der Waals surface area contributed by atoms with Gasteiger partial charge in [-0.05, 0) is 42.8 Å². The quantitative estimate of drug-likeness (QED) is 0.278. The largest absolute Gasteiger partial charge is 0.494 e. The summed E-state index contributed by atoms with van der Waals surface area (Å²) in [4.78, 5) is 39.4. The van der Waals surface area contributed by atoms with Gasteiger partial charge in [-0.1, -0.05) is 18.2 Å². The highest BCUT2D eigenvalue weighted by atomic mass is 16.5. The second kappa shape index (κ2) is 12.3. The number of hydrogen-bond acceptors (Lipinski definition) is 6. The Labute approximate surface area is 197 Å². The highest BCUT2D eigenvalue weighted by Crippen LogP contribution is 2.19. The molecular formula is C25H29N3O6. The van der Waals surface area contributed by atoms with E-state index in [9.17, 15) is 14.4 Å². The molecule has 0 fully saturated rings. The molecule has 0 unspecified atom stereocenters. The van der Waals surface area contributed by atoms with Gasteiger partial charge in [-0.3, -0.25) is 9.59 Å². The molecule has 1 heterocycles. The molecule has 3 N–H and O–H groups in total. The number of aromatic nitrogens is 1. The summed E-state index contributed by atoms with van der Waals surface area (Å²) in [5.74, 6) is -0.0944. The van der Waals surface area contributed by atoms with Gasteiger partial charge in [-0.25, -0.2) is 4.79 Å². The van der Waals surface area contributed by atoms with Gasteiger partial charge in [0, 0.05) is 30.4 Å². The van der Waals surface area contributed by atoms with E-state index in [1.165, 1.54) is 6.92 Å². The lowest BCUT2D eigenvalue weighted by molar-refractivity contribution is -0.151. The van der Waals surface area contributed by atoms with Crippen molar-refractivity contribution in [3.63, 3.8) is 0 Å². The summed E-state index contributed by atoms with van der Waals surface area (Å²) >= 11 is 0. The van der Waals surface area contributed by atoms with Crippen LogP contribution in [0, 0.1) is 0 Å². The lowest BCUT2D eigenvalue weighted by Crippen LogP contribution is -2.43. The molecule has 1 atom stereocenters. The number of rotatable bonds is 12. The molecule has 1 aromatic heterocycles. The Bertz CT molecular complexity index is 1110. The predicted molar refractivity (Wildman–Crippen MR) is 127 cm³/mol. The van der Waals surface area contributed by atoms with Crippen LogP contribution < -0.4 is 20.1 Å². The van der Waals surface area contributed by atoms with Crippen LogP contribution in [0.15, 0.2) is 54.7 Å². The van der Waals surface area contributed by atoms with Gasteiger partial charge in [-0.2, -0.15) is 0 Å². The van der Waals surface area contributed by atoms with Crippen molar-refractivity contribution in [1.82, 2.24) is 15.6 Å². The van der Waals surface area contributed by atoms with E-state index < -0.39 is 24.5 Å². The van der Waals surface area contributed by atoms with E-state index in [0.717, 1.165) is 22.2 Å². The van der Waals surface area contributed by atoms with E-state index in [0.29, 0.717) is 12.4 Å². The number of para-hydroxylation sites is 1. The van der Waals surface area contributed by atoms with Crippen LogP contribution in [0.5, 0.6) is 11.5 Å². The second-order valence-electron chi connectivity index (χ2n) is 7.53. The fourth-order valence-electron chi connectivity index (χ4n) is 3.41. The van der Waals surface area contributed by atoms with Crippen molar-refractivity contribution in [1.29, 1.82) is 0 Å². The molecule has 0 saturated heterocycles. The first-order chi connectivity index (χ1) is 16.5. The van der Waals surface area contributed by atoms with Gasteiger partial charge in [0.25, 0.3) is 5.91 Å². The average molecular weight is 468 g/mol. The van der Waals surface area contributed by atoms with E-state index in [-0.39, 0.29) is 25.5 Å². The Morgan fingerprint density at radius 2 is 1.71 bits per heavy atom. The van der Waals surface area contributed by atoms with Crippen molar-refractivity contribution in [3.8, 4) is 11.5 Å². The van der Waals surface area contributed by atoms with Gasteiger partial charge < -0.3 is 29.8 Å². The zero-order valence-electron chi connectivity index (χ0n) is 19.3. The van der Waals surface area contributed by atoms with Crippen molar-refractivity contribution in [2.75, 3.05) is 26.4 Å². The summed E-state index contributed by atoms with van der Waals surface area (Å²) in [5, 5.41) is 6.19. The fraction of sp³-hybridized carbons (Fsp3) is 0.320. The molecule has 0 aliphatic carbocycles. The maximum atomic E-state index is 12.6. The lowest BCUT2D eigenvalue weighted by Gasteiger charge is -2.16. The molecule has 0 radical (unpaired) electrons. The van der Waals surface area contributed by atoms with Gasteiger partial charge in [0.05, 0.1) is 13.2 Å². The van der Waals surface area contributed by atoms with Crippen molar-refractivity contribution in [2.24, 2.45) is 0 Å². The smallest absolute Gasteiger partial charge is 0.329 e. The van der Waals surface area contributed by atoms with Crippen LogP contribution in [0.25, 0.3) is 10.9 Å². The molecule has 34 heavy (non-hydrogen) atoms. The Hall–Kier alpha value is -4.01. The number of carbonyl (C=O) groups is 3. The number of aromatic amines is 1. The van der Waals surface area contributed by atoms with Gasteiger partial charge >= 0.3 is 5.97 Å². The highest BCUT2D eigenvalue weighted by molar-refractivity contribution is 5.88. The first kappa shape index (κ1) is 24.6. The van der Waals surface area contributed by atoms with E-state index in [1.54, 1.807) is 30.5 Å². The van der Waals surface area contributed by atoms with Crippen molar-refractivity contribution in [3.05, 3.63) is 60.3 Å². The van der Waals surface area contributed by atoms with E-state index in [4.69, 9.17) is 14.2 Å². The van der Waals surface area contributed by atoms with Crippen molar-refractivity contribution >= 4 is 28.7 Å². The van der Waals surface area contributed by atoms with Crippen LogP contribution in [0.4, 0.5) is 0 Å². The first-order valence-corrected chi connectivity index (χ1v) is 11.1. The number of nitrogens with one attached hydrogen (secondary N) is 3. The maximum Gasteiger partial charge on any atom is 0.329 e.